The first-order valence-electron chi connectivity index (χ1n) is 9.61. The second-order valence-electron chi connectivity index (χ2n) is 6.29. The largest absolute Gasteiger partial charge is 0.490 e. The van der Waals surface area contributed by atoms with Crippen LogP contribution in [-0.4, -0.2) is 32.8 Å². The number of amides is 1. The number of hydrogen-bond donors (Lipinski definition) is 1. The Labute approximate surface area is 182 Å². The molecule has 0 aliphatic heterocycles. The lowest BCUT2D eigenvalue weighted by atomic mass is 10.1. The van der Waals surface area contributed by atoms with Crippen molar-refractivity contribution in [2.24, 2.45) is 0 Å². The van der Waals surface area contributed by atoms with Gasteiger partial charge in [-0.25, -0.2) is 0 Å². The minimum atomic E-state index is -0.425. The van der Waals surface area contributed by atoms with E-state index >= 15 is 0 Å². The minimum absolute atomic E-state index is 0.0135. The first-order chi connectivity index (χ1) is 14.6. The number of hydrogen-bond acceptors (Lipinski definition) is 5. The van der Waals surface area contributed by atoms with Crippen LogP contribution in [0.2, 0.25) is 5.02 Å². The molecule has 158 valence electrons. The average molecular weight is 429 g/mol. The van der Waals surface area contributed by atoms with Crippen molar-refractivity contribution < 1.29 is 19.0 Å². The SMILES string of the molecule is CCOc1cc(C=C(C#N)C(=O)NCCCOC)ccc1OCc1ccccc1Cl. The van der Waals surface area contributed by atoms with E-state index in [9.17, 15) is 10.1 Å². The molecule has 2 rings (SSSR count). The lowest BCUT2D eigenvalue weighted by Gasteiger charge is -2.13. The molecular weight excluding hydrogens is 404 g/mol. The first-order valence-corrected chi connectivity index (χ1v) is 9.98. The van der Waals surface area contributed by atoms with E-state index in [0.717, 1.165) is 5.56 Å². The number of methoxy groups -OCH3 is 1. The maximum atomic E-state index is 12.2. The van der Waals surface area contributed by atoms with Crippen molar-refractivity contribution in [3.63, 3.8) is 0 Å². The molecule has 0 aliphatic carbocycles. The summed E-state index contributed by atoms with van der Waals surface area (Å²) in [5.74, 6) is 0.651. The molecular formula is C23H25ClN2O4. The summed E-state index contributed by atoms with van der Waals surface area (Å²) in [6.45, 7) is 3.58. The highest BCUT2D eigenvalue weighted by atomic mass is 35.5. The van der Waals surface area contributed by atoms with Gasteiger partial charge in [-0.05, 0) is 43.2 Å². The topological polar surface area (TPSA) is 80.6 Å². The summed E-state index contributed by atoms with van der Waals surface area (Å²) in [5, 5.41) is 12.7. The normalized spacial score (nSPS) is 10.9. The molecule has 0 fully saturated rings. The lowest BCUT2D eigenvalue weighted by molar-refractivity contribution is -0.117. The van der Waals surface area contributed by atoms with Crippen molar-refractivity contribution in [2.45, 2.75) is 20.0 Å². The molecule has 7 heteroatoms. The van der Waals surface area contributed by atoms with Gasteiger partial charge in [-0.3, -0.25) is 4.79 Å². The maximum Gasteiger partial charge on any atom is 0.261 e. The van der Waals surface area contributed by atoms with Crippen LogP contribution >= 0.6 is 11.6 Å². The smallest absolute Gasteiger partial charge is 0.261 e. The molecule has 2 aromatic rings. The molecule has 0 unspecified atom stereocenters. The fourth-order valence-corrected chi connectivity index (χ4v) is 2.79. The molecule has 0 saturated heterocycles. The van der Waals surface area contributed by atoms with Gasteiger partial charge in [0.25, 0.3) is 5.91 Å². The second kappa shape index (κ2) is 12.5. The zero-order valence-electron chi connectivity index (χ0n) is 17.1. The van der Waals surface area contributed by atoms with Gasteiger partial charge in [-0.2, -0.15) is 5.26 Å². The summed E-state index contributed by atoms with van der Waals surface area (Å²) in [4.78, 5) is 12.2. The number of rotatable bonds is 11. The van der Waals surface area contributed by atoms with Gasteiger partial charge in [0.1, 0.15) is 18.2 Å². The van der Waals surface area contributed by atoms with Crippen molar-refractivity contribution in [3.05, 3.63) is 64.2 Å². The summed E-state index contributed by atoms with van der Waals surface area (Å²) in [5.41, 5.74) is 1.54. The number of benzene rings is 2. The van der Waals surface area contributed by atoms with E-state index in [4.69, 9.17) is 25.8 Å². The van der Waals surface area contributed by atoms with Crippen LogP contribution in [0.3, 0.4) is 0 Å². The number of nitrogens with one attached hydrogen (secondary N) is 1. The highest BCUT2D eigenvalue weighted by Gasteiger charge is 2.11. The number of carbonyl (C=O) groups excluding carboxylic acids is 1. The third kappa shape index (κ3) is 7.11. The van der Waals surface area contributed by atoms with Gasteiger partial charge in [-0.15, -0.1) is 0 Å². The Hall–Kier alpha value is -3.01. The fraction of sp³-hybridized carbons (Fsp3) is 0.304. The van der Waals surface area contributed by atoms with Crippen LogP contribution in [-0.2, 0) is 16.1 Å². The zero-order valence-corrected chi connectivity index (χ0v) is 17.9. The van der Waals surface area contributed by atoms with E-state index in [0.29, 0.717) is 54.9 Å². The Bertz CT molecular complexity index is 922. The van der Waals surface area contributed by atoms with Crippen molar-refractivity contribution in [3.8, 4) is 17.6 Å². The molecule has 1 N–H and O–H groups in total. The molecule has 0 radical (unpaired) electrons. The van der Waals surface area contributed by atoms with Crippen LogP contribution in [0.4, 0.5) is 0 Å². The molecule has 0 saturated carbocycles. The first kappa shape index (κ1) is 23.3. The number of ether oxygens (including phenoxy) is 3. The lowest BCUT2D eigenvalue weighted by Crippen LogP contribution is -2.26. The van der Waals surface area contributed by atoms with Crippen molar-refractivity contribution in [1.82, 2.24) is 5.32 Å². The molecule has 1 amide bonds. The van der Waals surface area contributed by atoms with E-state index < -0.39 is 5.91 Å². The molecule has 0 aliphatic rings. The summed E-state index contributed by atoms with van der Waals surface area (Å²) < 4.78 is 16.5. The fourth-order valence-electron chi connectivity index (χ4n) is 2.60. The van der Waals surface area contributed by atoms with E-state index in [1.165, 1.54) is 6.08 Å². The van der Waals surface area contributed by atoms with E-state index in [-0.39, 0.29) is 5.57 Å². The molecule has 30 heavy (non-hydrogen) atoms. The monoisotopic (exact) mass is 428 g/mol. The predicted octanol–water partition coefficient (Wildman–Crippen LogP) is 4.38. The van der Waals surface area contributed by atoms with Crippen LogP contribution in [0.5, 0.6) is 11.5 Å². The third-order valence-corrected chi connectivity index (χ3v) is 4.46. The summed E-state index contributed by atoms with van der Waals surface area (Å²) in [6, 6.07) is 14.6. The van der Waals surface area contributed by atoms with Gasteiger partial charge in [0.2, 0.25) is 0 Å². The average Bonchev–Trinajstić information content (AvgIpc) is 2.75. The van der Waals surface area contributed by atoms with Gasteiger partial charge in [0.05, 0.1) is 6.61 Å². The summed E-state index contributed by atoms with van der Waals surface area (Å²) >= 11 is 6.18. The number of carbonyl (C=O) groups is 1. The van der Waals surface area contributed by atoms with Gasteiger partial charge in [-0.1, -0.05) is 35.9 Å². The van der Waals surface area contributed by atoms with Crippen LogP contribution in [0, 0.1) is 11.3 Å². The Balaban J connectivity index is 2.14. The van der Waals surface area contributed by atoms with Crippen molar-refractivity contribution >= 4 is 23.6 Å². The molecule has 6 nitrogen and oxygen atoms in total. The van der Waals surface area contributed by atoms with Gasteiger partial charge < -0.3 is 19.5 Å². The quantitative estimate of drug-likeness (QED) is 0.326. The molecule has 0 bridgehead atoms. The van der Waals surface area contributed by atoms with Crippen molar-refractivity contribution in [1.29, 1.82) is 5.26 Å². The predicted molar refractivity (Wildman–Crippen MR) is 116 cm³/mol. The summed E-state index contributed by atoms with van der Waals surface area (Å²) in [7, 11) is 1.60. The summed E-state index contributed by atoms with van der Waals surface area (Å²) in [6.07, 6.45) is 2.19. The molecule has 0 heterocycles. The van der Waals surface area contributed by atoms with Gasteiger partial charge in [0.15, 0.2) is 11.5 Å². The van der Waals surface area contributed by atoms with Gasteiger partial charge in [0, 0.05) is 30.8 Å². The van der Waals surface area contributed by atoms with E-state index in [1.54, 1.807) is 31.4 Å². The number of nitrogens with zero attached hydrogens (tertiary/aromatic N) is 1. The minimum Gasteiger partial charge on any atom is -0.490 e. The van der Waals surface area contributed by atoms with E-state index in [1.807, 2.05) is 31.2 Å². The standard InChI is InChI=1S/C23H25ClN2O4/c1-3-29-22-14-17(13-19(15-25)23(27)26-11-6-12-28-2)9-10-21(22)30-16-18-7-4-5-8-20(18)24/h4-5,7-10,13-14H,3,6,11-12,16H2,1-2H3,(H,26,27). The number of halogens is 1. The molecule has 0 atom stereocenters. The Morgan fingerprint density at radius 2 is 2.00 bits per heavy atom. The third-order valence-electron chi connectivity index (χ3n) is 4.10. The van der Waals surface area contributed by atoms with E-state index in [2.05, 4.69) is 5.32 Å². The number of nitriles is 1. The van der Waals surface area contributed by atoms with Gasteiger partial charge >= 0.3 is 0 Å². The van der Waals surface area contributed by atoms with Crippen LogP contribution in [0.25, 0.3) is 6.08 Å². The molecule has 2 aromatic carbocycles. The second-order valence-corrected chi connectivity index (χ2v) is 6.70. The van der Waals surface area contributed by atoms with Crippen molar-refractivity contribution in [2.75, 3.05) is 26.9 Å². The Morgan fingerprint density at radius 3 is 2.70 bits per heavy atom. The highest BCUT2D eigenvalue weighted by molar-refractivity contribution is 6.31. The van der Waals surface area contributed by atoms with Crippen LogP contribution in [0.15, 0.2) is 48.0 Å². The highest BCUT2D eigenvalue weighted by Crippen LogP contribution is 2.30. The Morgan fingerprint density at radius 1 is 1.20 bits per heavy atom. The maximum absolute atomic E-state index is 12.2. The molecule has 0 aromatic heterocycles. The van der Waals surface area contributed by atoms with Crippen LogP contribution in [0.1, 0.15) is 24.5 Å². The zero-order chi connectivity index (χ0) is 21.8. The molecule has 0 spiro atoms. The van der Waals surface area contributed by atoms with Crippen LogP contribution < -0.4 is 14.8 Å². The Kier molecular flexibility index (Phi) is 9.72.